The molecule has 1 aliphatic rings. The van der Waals surface area contributed by atoms with Crippen LogP contribution < -0.4 is 16.0 Å². The minimum atomic E-state index is -3.73. The van der Waals surface area contributed by atoms with Crippen molar-refractivity contribution in [2.45, 2.75) is 19.0 Å². The monoisotopic (exact) mass is 543 g/mol. The highest BCUT2D eigenvalue weighted by Gasteiger charge is 2.27. The van der Waals surface area contributed by atoms with Crippen molar-refractivity contribution in [3.63, 3.8) is 0 Å². The minimum Gasteiger partial charge on any atom is -0.346 e. The van der Waals surface area contributed by atoms with E-state index in [0.717, 1.165) is 27.8 Å². The molecule has 3 heterocycles. The summed E-state index contributed by atoms with van der Waals surface area (Å²) in [7, 11) is 0.975. The first kappa shape index (κ1) is 26.9. The number of aromatic nitrogens is 2. The number of nitrogens with one attached hydrogen (secondary N) is 3. The number of thiazole rings is 1. The molecule has 0 radical (unpaired) electrons. The molecule has 2 aromatic heterocycles. The van der Waals surface area contributed by atoms with E-state index in [1.165, 1.54) is 43.8 Å². The van der Waals surface area contributed by atoms with Crippen LogP contribution in [0.1, 0.15) is 20.4 Å². The van der Waals surface area contributed by atoms with E-state index >= 15 is 0 Å². The first-order valence-corrected chi connectivity index (χ1v) is 13.3. The average Bonchev–Trinajstić information content (AvgIpc) is 3.21. The van der Waals surface area contributed by atoms with Crippen LogP contribution in [-0.2, 0) is 32.6 Å². The number of anilines is 1. The molecule has 3 N–H and O–H groups in total. The van der Waals surface area contributed by atoms with Crippen LogP contribution in [0.5, 0.6) is 0 Å². The molecule has 0 bridgehead atoms. The number of pyridine rings is 1. The summed E-state index contributed by atoms with van der Waals surface area (Å²) in [5.41, 5.74) is 0.858. The molecule has 15 heteroatoms. The molecule has 1 aliphatic heterocycles. The highest BCUT2D eigenvalue weighted by atomic mass is 35.5. The molecular weight excluding hydrogens is 518 g/mol. The van der Waals surface area contributed by atoms with Crippen molar-refractivity contribution in [1.82, 2.24) is 29.8 Å². The Morgan fingerprint density at radius 1 is 1.26 bits per heavy atom. The highest BCUT2D eigenvalue weighted by molar-refractivity contribution is 7.89. The largest absolute Gasteiger partial charge is 0.346 e. The van der Waals surface area contributed by atoms with Crippen LogP contribution in [0.3, 0.4) is 0 Å². The fraction of sp³-hybridized carbons (Fsp3) is 0.450. The van der Waals surface area contributed by atoms with E-state index in [4.69, 9.17) is 11.6 Å². The number of hydrogen-bond acceptors (Lipinski definition) is 9. The lowest BCUT2D eigenvalue weighted by Crippen LogP contribution is -2.50. The second-order valence-corrected chi connectivity index (χ2v) is 11.9. The van der Waals surface area contributed by atoms with Crippen LogP contribution in [-0.4, -0.2) is 91.3 Å². The second kappa shape index (κ2) is 11.4. The first-order valence-electron chi connectivity index (χ1n) is 10.5. The molecule has 0 aliphatic carbocycles. The van der Waals surface area contributed by atoms with Crippen molar-refractivity contribution >= 4 is 56.5 Å². The summed E-state index contributed by atoms with van der Waals surface area (Å²) in [4.78, 5) is 48.7. The van der Waals surface area contributed by atoms with Gasteiger partial charge in [-0.3, -0.25) is 14.4 Å². The van der Waals surface area contributed by atoms with Gasteiger partial charge >= 0.3 is 11.8 Å². The standard InChI is InChI=1S/C20H26ClN7O5S2/c1-27(2)35(32,33)11-13(9-23-17(29)18(30)26-16-5-4-12(21)8-22-16)24-19(31)20-25-14-6-7-28(3)10-15(14)34-20/h4-5,8,13H,6-7,9-11H2,1-3H3,(H,23,29)(H,24,31)(H,22,26,30). The third kappa shape index (κ3) is 7.41. The number of carbonyl (C=O) groups excluding carboxylic acids is 3. The fourth-order valence-electron chi connectivity index (χ4n) is 3.14. The summed E-state index contributed by atoms with van der Waals surface area (Å²) in [6.45, 7) is 1.22. The van der Waals surface area contributed by atoms with Gasteiger partial charge in [0.25, 0.3) is 5.91 Å². The van der Waals surface area contributed by atoms with Crippen LogP contribution in [0.2, 0.25) is 5.02 Å². The topological polar surface area (TPSA) is 154 Å². The maximum atomic E-state index is 12.9. The van der Waals surface area contributed by atoms with Crippen molar-refractivity contribution in [2.75, 3.05) is 45.3 Å². The predicted octanol–water partition coefficient (Wildman–Crippen LogP) is -0.0759. The Morgan fingerprint density at radius 2 is 2.00 bits per heavy atom. The maximum absolute atomic E-state index is 12.9. The Labute approximate surface area is 212 Å². The third-order valence-corrected chi connectivity index (χ3v) is 8.34. The molecule has 0 aromatic carbocycles. The van der Waals surface area contributed by atoms with Crippen molar-refractivity contribution in [1.29, 1.82) is 0 Å². The van der Waals surface area contributed by atoms with Gasteiger partial charge in [0.15, 0.2) is 5.01 Å². The molecule has 0 saturated carbocycles. The van der Waals surface area contributed by atoms with E-state index < -0.39 is 39.5 Å². The number of fused-ring (bicyclic) bond motifs is 1. The highest BCUT2D eigenvalue weighted by Crippen LogP contribution is 2.24. The third-order valence-electron chi connectivity index (χ3n) is 5.10. The van der Waals surface area contributed by atoms with Crippen molar-refractivity contribution in [3.05, 3.63) is 38.9 Å². The Morgan fingerprint density at radius 3 is 2.66 bits per heavy atom. The van der Waals surface area contributed by atoms with Gasteiger partial charge in [0, 0.05) is 51.2 Å². The van der Waals surface area contributed by atoms with Crippen LogP contribution in [0.15, 0.2) is 18.3 Å². The van der Waals surface area contributed by atoms with E-state index in [1.54, 1.807) is 0 Å². The Bertz CT molecular complexity index is 1200. The predicted molar refractivity (Wildman–Crippen MR) is 132 cm³/mol. The number of carbonyl (C=O) groups is 3. The Balaban J connectivity index is 1.66. The molecule has 2 aromatic rings. The van der Waals surface area contributed by atoms with Gasteiger partial charge in [0.05, 0.1) is 22.5 Å². The zero-order valence-corrected chi connectivity index (χ0v) is 21.8. The van der Waals surface area contributed by atoms with Gasteiger partial charge in [-0.15, -0.1) is 11.3 Å². The molecule has 1 unspecified atom stereocenters. The second-order valence-electron chi connectivity index (χ2n) is 8.13. The van der Waals surface area contributed by atoms with Crippen molar-refractivity contribution < 1.29 is 22.8 Å². The molecular formula is C20H26ClN7O5S2. The number of amides is 3. The van der Waals surface area contributed by atoms with E-state index in [1.807, 2.05) is 7.05 Å². The number of rotatable bonds is 8. The van der Waals surface area contributed by atoms with Crippen LogP contribution >= 0.6 is 22.9 Å². The molecule has 3 amide bonds. The molecule has 35 heavy (non-hydrogen) atoms. The summed E-state index contributed by atoms with van der Waals surface area (Å²) in [5, 5.41) is 7.88. The van der Waals surface area contributed by atoms with Crippen molar-refractivity contribution in [2.24, 2.45) is 0 Å². The molecule has 0 saturated heterocycles. The van der Waals surface area contributed by atoms with Gasteiger partial charge in [0.1, 0.15) is 5.82 Å². The van der Waals surface area contributed by atoms with Crippen molar-refractivity contribution in [3.8, 4) is 0 Å². The first-order chi connectivity index (χ1) is 16.4. The summed E-state index contributed by atoms with van der Waals surface area (Å²) in [5.74, 6) is -2.93. The number of sulfonamides is 1. The van der Waals surface area contributed by atoms with Gasteiger partial charge in [-0.05, 0) is 19.2 Å². The lowest BCUT2D eigenvalue weighted by Gasteiger charge is -2.21. The zero-order chi connectivity index (χ0) is 25.8. The summed E-state index contributed by atoms with van der Waals surface area (Å²) < 4.78 is 25.9. The lowest BCUT2D eigenvalue weighted by atomic mass is 10.2. The number of halogens is 1. The van der Waals surface area contributed by atoms with Crippen LogP contribution in [0.4, 0.5) is 5.82 Å². The fourth-order valence-corrected chi connectivity index (χ4v) is 5.35. The van der Waals surface area contributed by atoms with Gasteiger partial charge < -0.3 is 20.9 Å². The molecule has 3 rings (SSSR count). The summed E-state index contributed by atoms with van der Waals surface area (Å²) in [6, 6.07) is 1.91. The summed E-state index contributed by atoms with van der Waals surface area (Å²) in [6.07, 6.45) is 2.03. The molecule has 1 atom stereocenters. The number of likely N-dealkylation sites (N-methyl/N-ethyl adjacent to an activating group) is 1. The van der Waals surface area contributed by atoms with E-state index in [9.17, 15) is 22.8 Å². The normalized spacial score (nSPS) is 14.8. The average molecular weight is 544 g/mol. The number of hydrogen-bond donors (Lipinski definition) is 3. The quantitative estimate of drug-likeness (QED) is 0.391. The molecule has 0 fully saturated rings. The number of nitrogens with zero attached hydrogens (tertiary/aromatic N) is 4. The van der Waals surface area contributed by atoms with Gasteiger partial charge in [-0.25, -0.2) is 22.7 Å². The Hall–Kier alpha value is -2.65. The van der Waals surface area contributed by atoms with Gasteiger partial charge in [0.2, 0.25) is 10.0 Å². The van der Waals surface area contributed by atoms with Crippen LogP contribution in [0.25, 0.3) is 0 Å². The zero-order valence-electron chi connectivity index (χ0n) is 19.4. The van der Waals surface area contributed by atoms with Gasteiger partial charge in [-0.2, -0.15) is 0 Å². The summed E-state index contributed by atoms with van der Waals surface area (Å²) >= 11 is 7.00. The van der Waals surface area contributed by atoms with E-state index in [0.29, 0.717) is 11.6 Å². The van der Waals surface area contributed by atoms with E-state index in [-0.39, 0.29) is 17.4 Å². The van der Waals surface area contributed by atoms with Crippen LogP contribution in [0, 0.1) is 0 Å². The SMILES string of the molecule is CN1CCc2nc(C(=O)NC(CNC(=O)C(=O)Nc3ccc(Cl)cn3)CS(=O)(=O)N(C)C)sc2C1. The van der Waals surface area contributed by atoms with Gasteiger partial charge in [-0.1, -0.05) is 11.6 Å². The molecule has 190 valence electrons. The smallest absolute Gasteiger partial charge is 0.314 e. The molecule has 0 spiro atoms. The minimum absolute atomic E-state index is 0.118. The lowest BCUT2D eigenvalue weighted by molar-refractivity contribution is -0.136. The van der Waals surface area contributed by atoms with E-state index in [2.05, 4.69) is 30.8 Å². The maximum Gasteiger partial charge on any atom is 0.314 e. The molecule has 12 nitrogen and oxygen atoms in total. The Kier molecular flexibility index (Phi) is 8.77.